The Morgan fingerprint density at radius 2 is 1.85 bits per heavy atom. The fourth-order valence-electron chi connectivity index (χ4n) is 0.796. The van der Waals surface area contributed by atoms with E-state index >= 15 is 0 Å². The predicted octanol–water partition coefficient (Wildman–Crippen LogP) is 3.67. The van der Waals surface area contributed by atoms with Crippen LogP contribution in [0.1, 0.15) is 10.4 Å². The summed E-state index contributed by atoms with van der Waals surface area (Å²) in [6, 6.07) is 6.96. The Morgan fingerprint density at radius 3 is 2.38 bits per heavy atom. The van der Waals surface area contributed by atoms with E-state index in [1.165, 1.54) is 0 Å². The van der Waals surface area contributed by atoms with E-state index in [1.807, 2.05) is 0 Å². The summed E-state index contributed by atoms with van der Waals surface area (Å²) in [6.07, 6.45) is 0.744. The number of carbonyl (C=O) groups is 1. The first kappa shape index (κ1) is 11.2. The van der Waals surface area contributed by atoms with E-state index in [2.05, 4.69) is 47.8 Å². The summed E-state index contributed by atoms with van der Waals surface area (Å²) < 4.78 is 4.52. The molecule has 0 heterocycles. The second kappa shape index (κ2) is 4.57. The maximum Gasteiger partial charge on any atom is 0.272 e. The van der Waals surface area contributed by atoms with Crippen molar-refractivity contribution in [2.75, 3.05) is 0 Å². The van der Waals surface area contributed by atoms with Crippen LogP contribution in [-0.2, 0) is 0 Å². The van der Waals surface area contributed by atoms with Crippen molar-refractivity contribution in [1.82, 2.24) is 0 Å². The van der Waals surface area contributed by atoms with Crippen LogP contribution in [0.15, 0.2) is 24.3 Å². The minimum Gasteiger partial charge on any atom is -0.456 e. The number of halogens is 3. The molecule has 0 aromatic heterocycles. The van der Waals surface area contributed by atoms with Gasteiger partial charge in [-0.1, -0.05) is 12.1 Å². The molecule has 0 fully saturated rings. The van der Waals surface area contributed by atoms with Crippen molar-refractivity contribution in [2.45, 2.75) is 2.33 Å². The van der Waals surface area contributed by atoms with Crippen molar-refractivity contribution in [1.29, 1.82) is 0 Å². The lowest BCUT2D eigenvalue weighted by Crippen LogP contribution is -2.11. The SMILES string of the molecule is O=Cc1ccccc1OC(Br)(Br)Br. The molecule has 0 radical (unpaired) electrons. The van der Waals surface area contributed by atoms with Gasteiger partial charge >= 0.3 is 0 Å². The summed E-state index contributed by atoms with van der Waals surface area (Å²) in [5, 5.41) is 0. The highest BCUT2D eigenvalue weighted by atomic mass is 80.0. The number of ether oxygens (including phenoxy) is 1. The maximum absolute atomic E-state index is 10.6. The quantitative estimate of drug-likeness (QED) is 0.585. The topological polar surface area (TPSA) is 26.3 Å². The van der Waals surface area contributed by atoms with Gasteiger partial charge in [-0.05, 0) is 59.9 Å². The zero-order valence-corrected chi connectivity index (χ0v) is 11.1. The Hall–Kier alpha value is 0.130. The van der Waals surface area contributed by atoms with Crippen molar-refractivity contribution in [3.8, 4) is 5.75 Å². The highest BCUT2D eigenvalue weighted by Crippen LogP contribution is 2.36. The number of aldehydes is 1. The molecule has 5 heteroatoms. The van der Waals surface area contributed by atoms with Crippen LogP contribution in [-0.4, -0.2) is 8.62 Å². The number of hydrogen-bond acceptors (Lipinski definition) is 2. The Kier molecular flexibility index (Phi) is 3.94. The van der Waals surface area contributed by atoms with Crippen molar-refractivity contribution < 1.29 is 9.53 Å². The Balaban J connectivity index is 2.94. The Labute approximate surface area is 101 Å². The molecular formula is C8H5Br3O2. The summed E-state index contributed by atoms with van der Waals surface area (Å²) in [6.45, 7) is 0. The van der Waals surface area contributed by atoms with Crippen LogP contribution in [0, 0.1) is 0 Å². The molecular weight excluding hydrogens is 368 g/mol. The average Bonchev–Trinajstić information content (AvgIpc) is 2.02. The number of rotatable bonds is 2. The average molecular weight is 373 g/mol. The van der Waals surface area contributed by atoms with E-state index in [9.17, 15) is 4.79 Å². The Morgan fingerprint density at radius 1 is 1.23 bits per heavy atom. The van der Waals surface area contributed by atoms with Gasteiger partial charge in [0.15, 0.2) is 6.29 Å². The van der Waals surface area contributed by atoms with Crippen molar-refractivity contribution >= 4 is 54.1 Å². The van der Waals surface area contributed by atoms with Crippen molar-refractivity contribution in [3.05, 3.63) is 29.8 Å². The molecule has 0 aliphatic heterocycles. The molecule has 0 saturated heterocycles. The molecule has 70 valence electrons. The lowest BCUT2D eigenvalue weighted by molar-refractivity contribution is 0.112. The lowest BCUT2D eigenvalue weighted by Gasteiger charge is -2.16. The minimum atomic E-state index is -0.827. The summed E-state index contributed by atoms with van der Waals surface area (Å²) in [7, 11) is 0. The first-order valence-electron chi connectivity index (χ1n) is 3.33. The van der Waals surface area contributed by atoms with Crippen LogP contribution in [0.25, 0.3) is 0 Å². The van der Waals surface area contributed by atoms with Crippen molar-refractivity contribution in [3.63, 3.8) is 0 Å². The number of benzene rings is 1. The first-order chi connectivity index (χ1) is 6.03. The zero-order valence-electron chi connectivity index (χ0n) is 6.34. The summed E-state index contributed by atoms with van der Waals surface area (Å²) >= 11 is 9.52. The molecule has 2 nitrogen and oxygen atoms in total. The molecule has 0 amide bonds. The standard InChI is InChI=1S/C8H5Br3O2/c9-8(10,11)13-7-4-2-1-3-6(7)5-12/h1-5H. The normalized spacial score (nSPS) is 11.0. The Bertz CT molecular complexity index is 307. The number of alkyl halides is 3. The van der Waals surface area contributed by atoms with E-state index in [0.717, 1.165) is 6.29 Å². The molecule has 0 spiro atoms. The molecule has 0 aliphatic carbocycles. The van der Waals surface area contributed by atoms with Crippen LogP contribution in [0.2, 0.25) is 0 Å². The third-order valence-electron chi connectivity index (χ3n) is 1.27. The van der Waals surface area contributed by atoms with Gasteiger partial charge in [0.25, 0.3) is 2.33 Å². The summed E-state index contributed by atoms with van der Waals surface area (Å²) in [5.74, 6) is 0.503. The number of carbonyl (C=O) groups excluding carboxylic acids is 1. The van der Waals surface area contributed by atoms with Gasteiger partial charge in [-0.2, -0.15) is 0 Å². The molecule has 0 unspecified atom stereocenters. The molecule has 1 rings (SSSR count). The van der Waals surface area contributed by atoms with E-state index in [4.69, 9.17) is 4.74 Å². The van der Waals surface area contributed by atoms with Crippen LogP contribution >= 0.6 is 47.8 Å². The lowest BCUT2D eigenvalue weighted by atomic mass is 10.2. The maximum atomic E-state index is 10.6. The molecule has 0 saturated carbocycles. The molecule has 1 aromatic rings. The highest BCUT2D eigenvalue weighted by molar-refractivity contribution is 9.39. The first-order valence-corrected chi connectivity index (χ1v) is 5.71. The summed E-state index contributed by atoms with van der Waals surface area (Å²) in [5.41, 5.74) is 0.505. The van der Waals surface area contributed by atoms with Crippen LogP contribution in [0.3, 0.4) is 0 Å². The van der Waals surface area contributed by atoms with Crippen LogP contribution in [0.4, 0.5) is 0 Å². The van der Waals surface area contributed by atoms with Gasteiger partial charge in [0.05, 0.1) is 5.56 Å². The molecule has 13 heavy (non-hydrogen) atoms. The van der Waals surface area contributed by atoms with Crippen molar-refractivity contribution in [2.24, 2.45) is 0 Å². The molecule has 0 aliphatic rings. The molecule has 1 aromatic carbocycles. The second-order valence-electron chi connectivity index (χ2n) is 2.20. The van der Waals surface area contributed by atoms with E-state index < -0.39 is 2.33 Å². The van der Waals surface area contributed by atoms with Gasteiger partial charge in [0.1, 0.15) is 5.75 Å². The molecule has 0 N–H and O–H groups in total. The smallest absolute Gasteiger partial charge is 0.272 e. The fourth-order valence-corrected chi connectivity index (χ4v) is 1.32. The van der Waals surface area contributed by atoms with Crippen LogP contribution < -0.4 is 4.74 Å². The second-order valence-corrected chi connectivity index (χ2v) is 8.75. The van der Waals surface area contributed by atoms with E-state index in [-0.39, 0.29) is 0 Å². The van der Waals surface area contributed by atoms with Crippen LogP contribution in [0.5, 0.6) is 5.75 Å². The third kappa shape index (κ3) is 3.79. The fraction of sp³-hybridized carbons (Fsp3) is 0.125. The van der Waals surface area contributed by atoms with Gasteiger partial charge < -0.3 is 4.74 Å². The summed E-state index contributed by atoms with van der Waals surface area (Å²) in [4.78, 5) is 10.6. The van der Waals surface area contributed by atoms with Gasteiger partial charge in [-0.15, -0.1) is 0 Å². The minimum absolute atomic E-state index is 0.503. The van der Waals surface area contributed by atoms with E-state index in [0.29, 0.717) is 11.3 Å². The predicted molar refractivity (Wildman–Crippen MR) is 62.0 cm³/mol. The molecule has 0 atom stereocenters. The zero-order chi connectivity index (χ0) is 9.90. The number of hydrogen-bond donors (Lipinski definition) is 0. The largest absolute Gasteiger partial charge is 0.456 e. The third-order valence-corrected chi connectivity index (χ3v) is 1.76. The van der Waals surface area contributed by atoms with E-state index in [1.54, 1.807) is 24.3 Å². The monoisotopic (exact) mass is 370 g/mol. The van der Waals surface area contributed by atoms with Gasteiger partial charge in [-0.3, -0.25) is 4.79 Å². The highest BCUT2D eigenvalue weighted by Gasteiger charge is 2.20. The van der Waals surface area contributed by atoms with Gasteiger partial charge in [0.2, 0.25) is 0 Å². The van der Waals surface area contributed by atoms with Gasteiger partial charge in [-0.25, -0.2) is 0 Å². The number of para-hydroxylation sites is 1. The van der Waals surface area contributed by atoms with Gasteiger partial charge in [0, 0.05) is 0 Å². The molecule has 0 bridgehead atoms.